The number of aryl methyl sites for hydroxylation is 2. The molecular formula is C12H13BrN2O2. The summed E-state index contributed by atoms with van der Waals surface area (Å²) in [5, 5.41) is 4.31. The highest BCUT2D eigenvalue weighted by atomic mass is 79.9. The highest BCUT2D eigenvalue weighted by Crippen LogP contribution is 2.16. The Balaban J connectivity index is 2.18. The van der Waals surface area contributed by atoms with Crippen LogP contribution >= 0.6 is 15.9 Å². The van der Waals surface area contributed by atoms with Gasteiger partial charge in [-0.1, -0.05) is 0 Å². The van der Waals surface area contributed by atoms with Gasteiger partial charge in [0, 0.05) is 12.2 Å². The van der Waals surface area contributed by atoms with Gasteiger partial charge in [-0.2, -0.15) is 5.10 Å². The molecule has 0 spiro atoms. The molecule has 0 fully saturated rings. The average molecular weight is 297 g/mol. The zero-order valence-electron chi connectivity index (χ0n) is 9.74. The lowest BCUT2D eigenvalue weighted by atomic mass is 10.2. The molecule has 2 heterocycles. The molecule has 0 bridgehead atoms. The van der Waals surface area contributed by atoms with Crippen LogP contribution in [0.25, 0.3) is 0 Å². The number of carbonyl (C=O) groups excluding carboxylic acids is 1. The van der Waals surface area contributed by atoms with Crippen LogP contribution in [-0.2, 0) is 13.0 Å². The number of furan rings is 1. The maximum absolute atomic E-state index is 11.9. The van der Waals surface area contributed by atoms with Gasteiger partial charge in [-0.05, 0) is 48.0 Å². The molecule has 0 N–H and O–H groups in total. The minimum Gasteiger partial charge on any atom is -0.446 e. The van der Waals surface area contributed by atoms with Crippen LogP contribution < -0.4 is 0 Å². The summed E-state index contributed by atoms with van der Waals surface area (Å²) in [6, 6.07) is 5.32. The summed E-state index contributed by atoms with van der Waals surface area (Å²) in [7, 11) is 0. The second kappa shape index (κ2) is 4.87. The first-order valence-electron chi connectivity index (χ1n) is 5.42. The van der Waals surface area contributed by atoms with E-state index in [2.05, 4.69) is 21.0 Å². The number of carbonyl (C=O) groups is 1. The molecule has 17 heavy (non-hydrogen) atoms. The van der Waals surface area contributed by atoms with E-state index in [1.165, 1.54) is 0 Å². The van der Waals surface area contributed by atoms with Crippen LogP contribution in [-0.4, -0.2) is 15.6 Å². The minimum absolute atomic E-state index is 0.0368. The van der Waals surface area contributed by atoms with E-state index in [4.69, 9.17) is 4.42 Å². The molecule has 2 rings (SSSR count). The number of ketones is 1. The van der Waals surface area contributed by atoms with Crippen LogP contribution in [0.15, 0.2) is 27.3 Å². The molecule has 2 aromatic rings. The monoisotopic (exact) mass is 296 g/mol. The summed E-state index contributed by atoms with van der Waals surface area (Å²) >= 11 is 3.18. The van der Waals surface area contributed by atoms with Gasteiger partial charge in [0.25, 0.3) is 0 Å². The van der Waals surface area contributed by atoms with E-state index in [1.54, 1.807) is 12.1 Å². The van der Waals surface area contributed by atoms with Crippen molar-refractivity contribution in [3.8, 4) is 0 Å². The Morgan fingerprint density at radius 1 is 1.53 bits per heavy atom. The fourth-order valence-electron chi connectivity index (χ4n) is 1.73. The van der Waals surface area contributed by atoms with E-state index in [0.29, 0.717) is 16.9 Å². The van der Waals surface area contributed by atoms with Crippen molar-refractivity contribution in [2.24, 2.45) is 0 Å². The van der Waals surface area contributed by atoms with Crippen LogP contribution in [0.1, 0.15) is 28.9 Å². The first kappa shape index (κ1) is 12.1. The van der Waals surface area contributed by atoms with Crippen LogP contribution in [0.4, 0.5) is 0 Å². The number of aromatic nitrogens is 2. The number of halogens is 1. The van der Waals surface area contributed by atoms with Gasteiger partial charge in [-0.15, -0.1) is 0 Å². The molecule has 0 amide bonds. The molecule has 0 saturated heterocycles. The Kier molecular flexibility index (Phi) is 3.47. The van der Waals surface area contributed by atoms with Crippen LogP contribution in [0.3, 0.4) is 0 Å². The third kappa shape index (κ3) is 2.66. The number of nitrogens with zero attached hydrogens (tertiary/aromatic N) is 2. The Bertz CT molecular complexity index is 542. The van der Waals surface area contributed by atoms with Crippen molar-refractivity contribution >= 4 is 21.7 Å². The molecule has 0 aliphatic rings. The maximum Gasteiger partial charge on any atom is 0.203 e. The van der Waals surface area contributed by atoms with Crippen molar-refractivity contribution in [2.75, 3.05) is 0 Å². The van der Waals surface area contributed by atoms with E-state index in [-0.39, 0.29) is 5.78 Å². The Hall–Kier alpha value is -1.36. The van der Waals surface area contributed by atoms with E-state index < -0.39 is 0 Å². The van der Waals surface area contributed by atoms with Crippen LogP contribution in [0.5, 0.6) is 0 Å². The highest BCUT2D eigenvalue weighted by molar-refractivity contribution is 9.10. The first-order chi connectivity index (χ1) is 8.10. The molecule has 5 heteroatoms. The quantitative estimate of drug-likeness (QED) is 0.815. The van der Waals surface area contributed by atoms with Gasteiger partial charge in [-0.25, -0.2) is 0 Å². The van der Waals surface area contributed by atoms with E-state index in [1.807, 2.05) is 24.6 Å². The van der Waals surface area contributed by atoms with Gasteiger partial charge < -0.3 is 4.42 Å². The van der Waals surface area contributed by atoms with Gasteiger partial charge in [0.2, 0.25) is 5.78 Å². The molecule has 0 aliphatic heterocycles. The lowest BCUT2D eigenvalue weighted by Crippen LogP contribution is -2.09. The lowest BCUT2D eigenvalue weighted by Gasteiger charge is -2.02. The maximum atomic E-state index is 11.9. The Morgan fingerprint density at radius 3 is 2.88 bits per heavy atom. The smallest absolute Gasteiger partial charge is 0.203 e. The SMILES string of the molecule is CCn1nc(C)cc1CC(=O)c1ccc(Br)o1. The van der Waals surface area contributed by atoms with Crippen molar-refractivity contribution in [1.29, 1.82) is 0 Å². The van der Waals surface area contributed by atoms with Crippen LogP contribution in [0, 0.1) is 6.92 Å². The van der Waals surface area contributed by atoms with Gasteiger partial charge in [-0.3, -0.25) is 9.48 Å². The molecule has 4 nitrogen and oxygen atoms in total. The first-order valence-corrected chi connectivity index (χ1v) is 6.21. The number of hydrogen-bond donors (Lipinski definition) is 0. The van der Waals surface area contributed by atoms with Crippen molar-refractivity contribution in [3.05, 3.63) is 40.0 Å². The zero-order valence-corrected chi connectivity index (χ0v) is 11.3. The molecule has 0 atom stereocenters. The van der Waals surface area contributed by atoms with E-state index >= 15 is 0 Å². The largest absolute Gasteiger partial charge is 0.446 e. The molecule has 2 aromatic heterocycles. The molecule has 0 aromatic carbocycles. The number of rotatable bonds is 4. The summed E-state index contributed by atoms with van der Waals surface area (Å²) in [6.45, 7) is 4.69. The molecule has 0 aliphatic carbocycles. The predicted octanol–water partition coefficient (Wildman–Crippen LogP) is 2.99. The van der Waals surface area contributed by atoms with Crippen molar-refractivity contribution < 1.29 is 9.21 Å². The second-order valence-electron chi connectivity index (χ2n) is 3.80. The molecule has 90 valence electrons. The highest BCUT2D eigenvalue weighted by Gasteiger charge is 2.14. The molecule has 0 unspecified atom stereocenters. The summed E-state index contributed by atoms with van der Waals surface area (Å²) in [5.41, 5.74) is 1.85. The summed E-state index contributed by atoms with van der Waals surface area (Å²) in [6.07, 6.45) is 0.314. The number of hydrogen-bond acceptors (Lipinski definition) is 3. The normalized spacial score (nSPS) is 10.8. The third-order valence-corrected chi connectivity index (χ3v) is 2.90. The summed E-state index contributed by atoms with van der Waals surface area (Å²) < 4.78 is 7.64. The van der Waals surface area contributed by atoms with Crippen molar-refractivity contribution in [1.82, 2.24) is 9.78 Å². The van der Waals surface area contributed by atoms with Gasteiger partial charge in [0.05, 0.1) is 12.1 Å². The fourth-order valence-corrected chi connectivity index (χ4v) is 2.04. The van der Waals surface area contributed by atoms with E-state index in [9.17, 15) is 4.79 Å². The van der Waals surface area contributed by atoms with Gasteiger partial charge in [0.1, 0.15) is 0 Å². The fraction of sp³-hybridized carbons (Fsp3) is 0.333. The summed E-state index contributed by atoms with van der Waals surface area (Å²) in [5.74, 6) is 0.337. The third-order valence-electron chi connectivity index (χ3n) is 2.47. The van der Waals surface area contributed by atoms with Gasteiger partial charge >= 0.3 is 0 Å². The topological polar surface area (TPSA) is 48.0 Å². The summed E-state index contributed by atoms with van der Waals surface area (Å²) in [4.78, 5) is 11.9. The predicted molar refractivity (Wildman–Crippen MR) is 67.1 cm³/mol. The van der Waals surface area contributed by atoms with Crippen molar-refractivity contribution in [3.63, 3.8) is 0 Å². The zero-order chi connectivity index (χ0) is 12.4. The standard InChI is InChI=1S/C12H13BrN2O2/c1-3-15-9(6-8(2)14-15)7-10(16)11-4-5-12(13)17-11/h4-6H,3,7H2,1-2H3. The van der Waals surface area contributed by atoms with Gasteiger partial charge in [0.15, 0.2) is 10.4 Å². The van der Waals surface area contributed by atoms with E-state index in [0.717, 1.165) is 17.9 Å². The molecular weight excluding hydrogens is 284 g/mol. The molecule has 0 radical (unpaired) electrons. The Labute approximate surface area is 108 Å². The lowest BCUT2D eigenvalue weighted by molar-refractivity contribution is 0.0962. The molecule has 0 saturated carbocycles. The average Bonchev–Trinajstić information content (AvgIpc) is 2.85. The minimum atomic E-state index is -0.0368. The Morgan fingerprint density at radius 2 is 2.29 bits per heavy atom. The number of Topliss-reactive ketones (excluding diaryl/α,β-unsaturated/α-hetero) is 1. The second-order valence-corrected chi connectivity index (χ2v) is 4.58. The van der Waals surface area contributed by atoms with Crippen LogP contribution in [0.2, 0.25) is 0 Å². The van der Waals surface area contributed by atoms with Crippen molar-refractivity contribution in [2.45, 2.75) is 26.8 Å².